The molecule has 1 aliphatic heterocycles. The smallest absolute Gasteiger partial charge is 0.266 e. The molecule has 3 saturated carbocycles. The lowest BCUT2D eigenvalue weighted by molar-refractivity contribution is -0.0726. The Hall–Kier alpha value is -0.740. The Bertz CT molecular complexity index is 599. The molecule has 0 bridgehead atoms. The van der Waals surface area contributed by atoms with Gasteiger partial charge in [-0.25, -0.2) is 0 Å². The molecule has 4 aliphatic rings. The van der Waals surface area contributed by atoms with Gasteiger partial charge in [0.2, 0.25) is 0 Å². The second-order valence-corrected chi connectivity index (χ2v) is 11.6. The Kier molecular flexibility index (Phi) is 9.85. The van der Waals surface area contributed by atoms with Gasteiger partial charge in [0, 0.05) is 0 Å². The van der Waals surface area contributed by atoms with Crippen LogP contribution in [0.5, 0.6) is 0 Å². The maximum absolute atomic E-state index is 12.5. The van der Waals surface area contributed by atoms with Crippen LogP contribution in [0.15, 0.2) is 24.8 Å². The fourth-order valence-corrected chi connectivity index (χ4v) is 7.75. The van der Waals surface area contributed by atoms with Crippen LogP contribution in [0.4, 0.5) is 8.78 Å². The van der Waals surface area contributed by atoms with Gasteiger partial charge in [0.25, 0.3) is 6.08 Å². The maximum Gasteiger partial charge on any atom is 0.266 e. The van der Waals surface area contributed by atoms with Crippen molar-refractivity contribution in [2.24, 2.45) is 41.4 Å². The summed E-state index contributed by atoms with van der Waals surface area (Å²) in [6.07, 6.45) is 19.8. The minimum atomic E-state index is -1.48. The third kappa shape index (κ3) is 7.37. The third-order valence-electron chi connectivity index (χ3n) is 9.76. The van der Waals surface area contributed by atoms with Gasteiger partial charge in [-0.1, -0.05) is 6.08 Å². The van der Waals surface area contributed by atoms with Crippen LogP contribution in [0.1, 0.15) is 89.9 Å². The molecule has 2 atom stereocenters. The number of hydrogen-bond acceptors (Lipinski definition) is 2. The van der Waals surface area contributed by atoms with Gasteiger partial charge in [-0.2, -0.15) is 8.78 Å². The summed E-state index contributed by atoms with van der Waals surface area (Å²) in [5.74, 6) is 5.30. The molecule has 2 nitrogen and oxygen atoms in total. The van der Waals surface area contributed by atoms with E-state index in [2.05, 4.69) is 6.58 Å². The van der Waals surface area contributed by atoms with Crippen molar-refractivity contribution in [2.45, 2.75) is 96.0 Å². The van der Waals surface area contributed by atoms with Crippen molar-refractivity contribution >= 4 is 0 Å². The zero-order chi connectivity index (χ0) is 23.0. The summed E-state index contributed by atoms with van der Waals surface area (Å²) in [6, 6.07) is 0. The molecule has 188 valence electrons. The third-order valence-corrected chi connectivity index (χ3v) is 9.76. The molecule has 4 heteroatoms. The van der Waals surface area contributed by atoms with Crippen LogP contribution in [-0.2, 0) is 9.47 Å². The number of allylic oxidation sites excluding steroid dienone is 1. The van der Waals surface area contributed by atoms with E-state index < -0.39 is 6.08 Å². The first-order chi connectivity index (χ1) is 16.1. The molecule has 0 N–H and O–H groups in total. The van der Waals surface area contributed by atoms with E-state index in [-0.39, 0.29) is 12.0 Å². The summed E-state index contributed by atoms with van der Waals surface area (Å²) in [7, 11) is 0. The summed E-state index contributed by atoms with van der Waals surface area (Å²) in [5.41, 5.74) is 0. The molecule has 1 saturated heterocycles. The fourth-order valence-electron chi connectivity index (χ4n) is 7.75. The molecular weight excluding hydrogens is 418 g/mol. The average Bonchev–Trinajstić information content (AvgIpc) is 2.85. The average molecular weight is 465 g/mol. The largest absolute Gasteiger partial charge is 0.376 e. The van der Waals surface area contributed by atoms with E-state index in [1.807, 2.05) is 0 Å². The highest BCUT2D eigenvalue weighted by Crippen LogP contribution is 2.47. The number of ether oxygens (including phenoxy) is 2. The lowest BCUT2D eigenvalue weighted by Gasteiger charge is -2.43. The van der Waals surface area contributed by atoms with Gasteiger partial charge in [0.05, 0.1) is 25.9 Å². The lowest BCUT2D eigenvalue weighted by atomic mass is 9.64. The van der Waals surface area contributed by atoms with Crippen molar-refractivity contribution in [1.29, 1.82) is 0 Å². The molecule has 0 spiro atoms. The molecule has 1 heterocycles. The zero-order valence-corrected chi connectivity index (χ0v) is 20.6. The van der Waals surface area contributed by atoms with Crippen molar-refractivity contribution in [1.82, 2.24) is 0 Å². The summed E-state index contributed by atoms with van der Waals surface area (Å²) >= 11 is 0. The van der Waals surface area contributed by atoms with Gasteiger partial charge in [-0.05, 0) is 137 Å². The van der Waals surface area contributed by atoms with E-state index in [1.165, 1.54) is 76.7 Å². The van der Waals surface area contributed by atoms with Crippen molar-refractivity contribution in [3.63, 3.8) is 0 Å². The standard InChI is InChI=1S/C29H46F2O2/c1-2-17-32-20-28-16-15-27(19-33-28)26-13-11-25(12-14-26)24-9-7-23(8-10-24)22-5-3-21(4-6-22)18-29(30)31/h2,18,21-28H,1,3-17,19-20H2. The zero-order valence-electron chi connectivity index (χ0n) is 20.6. The van der Waals surface area contributed by atoms with Gasteiger partial charge in [0.15, 0.2) is 0 Å². The van der Waals surface area contributed by atoms with Crippen molar-refractivity contribution in [3.05, 3.63) is 24.8 Å². The highest BCUT2D eigenvalue weighted by molar-refractivity contribution is 4.93. The number of rotatable bonds is 8. The summed E-state index contributed by atoms with van der Waals surface area (Å²) in [5, 5.41) is 0. The Morgan fingerprint density at radius 2 is 1.15 bits per heavy atom. The van der Waals surface area contributed by atoms with Crippen LogP contribution in [0.3, 0.4) is 0 Å². The first-order valence-electron chi connectivity index (χ1n) is 14.0. The molecule has 0 amide bonds. The van der Waals surface area contributed by atoms with E-state index in [4.69, 9.17) is 9.47 Å². The fraction of sp³-hybridized carbons (Fsp3) is 0.862. The van der Waals surface area contributed by atoms with Crippen LogP contribution >= 0.6 is 0 Å². The Morgan fingerprint density at radius 1 is 0.697 bits per heavy atom. The van der Waals surface area contributed by atoms with Gasteiger partial charge in [-0.15, -0.1) is 6.58 Å². The topological polar surface area (TPSA) is 18.5 Å². The van der Waals surface area contributed by atoms with Gasteiger partial charge < -0.3 is 9.47 Å². The van der Waals surface area contributed by atoms with Crippen molar-refractivity contribution < 1.29 is 18.3 Å². The minimum absolute atomic E-state index is 0.129. The quantitative estimate of drug-likeness (QED) is 0.266. The van der Waals surface area contributed by atoms with Crippen molar-refractivity contribution in [3.8, 4) is 0 Å². The Labute approximate surface area is 200 Å². The lowest BCUT2D eigenvalue weighted by Crippen LogP contribution is -2.35. The molecular formula is C29H46F2O2. The van der Waals surface area contributed by atoms with Gasteiger partial charge in [-0.3, -0.25) is 0 Å². The summed E-state index contributed by atoms with van der Waals surface area (Å²) in [4.78, 5) is 0. The van der Waals surface area contributed by atoms with E-state index in [0.29, 0.717) is 13.2 Å². The second kappa shape index (κ2) is 12.8. The molecule has 2 unspecified atom stereocenters. The first-order valence-corrected chi connectivity index (χ1v) is 14.0. The van der Waals surface area contributed by atoms with Crippen LogP contribution in [0, 0.1) is 41.4 Å². The summed E-state index contributed by atoms with van der Waals surface area (Å²) < 4.78 is 36.8. The van der Waals surface area contributed by atoms with Crippen molar-refractivity contribution in [2.75, 3.05) is 19.8 Å². The highest BCUT2D eigenvalue weighted by atomic mass is 19.3. The first kappa shape index (κ1) is 25.4. The van der Waals surface area contributed by atoms with E-state index >= 15 is 0 Å². The predicted octanol–water partition coefficient (Wildman–Crippen LogP) is 8.18. The van der Waals surface area contributed by atoms with Crippen LogP contribution in [0.25, 0.3) is 0 Å². The van der Waals surface area contributed by atoms with E-state index in [0.717, 1.165) is 61.4 Å². The molecule has 0 aromatic rings. The highest BCUT2D eigenvalue weighted by Gasteiger charge is 2.36. The monoisotopic (exact) mass is 464 g/mol. The normalized spacial score (nSPS) is 40.2. The SMILES string of the molecule is C=CCOCC1CCC(C2CCC(C3CCC(C4CCC(C=C(F)F)CC4)CC3)CC2)CO1. The van der Waals surface area contributed by atoms with E-state index in [9.17, 15) is 8.78 Å². The Morgan fingerprint density at radius 3 is 1.58 bits per heavy atom. The molecule has 0 aromatic heterocycles. The van der Waals surface area contributed by atoms with Crippen LogP contribution in [-0.4, -0.2) is 25.9 Å². The molecule has 3 aliphatic carbocycles. The predicted molar refractivity (Wildman–Crippen MR) is 130 cm³/mol. The van der Waals surface area contributed by atoms with Gasteiger partial charge in [0.1, 0.15) is 0 Å². The molecule has 0 aromatic carbocycles. The molecule has 4 fully saturated rings. The molecule has 33 heavy (non-hydrogen) atoms. The summed E-state index contributed by atoms with van der Waals surface area (Å²) in [6.45, 7) is 5.96. The maximum atomic E-state index is 12.5. The van der Waals surface area contributed by atoms with Crippen LogP contribution < -0.4 is 0 Å². The molecule has 0 radical (unpaired) electrons. The van der Waals surface area contributed by atoms with Gasteiger partial charge >= 0.3 is 0 Å². The number of hydrogen-bond donors (Lipinski definition) is 0. The number of halogens is 2. The van der Waals surface area contributed by atoms with E-state index in [1.54, 1.807) is 6.08 Å². The Balaban J connectivity index is 1.11. The minimum Gasteiger partial charge on any atom is -0.376 e. The molecule has 4 rings (SSSR count). The second-order valence-electron chi connectivity index (χ2n) is 11.6. The van der Waals surface area contributed by atoms with Crippen LogP contribution in [0.2, 0.25) is 0 Å².